The van der Waals surface area contributed by atoms with Gasteiger partial charge in [-0.25, -0.2) is 4.79 Å². The average Bonchev–Trinajstić information content (AvgIpc) is 2.44. The Labute approximate surface area is 129 Å². The van der Waals surface area contributed by atoms with Crippen molar-refractivity contribution in [3.63, 3.8) is 0 Å². The lowest BCUT2D eigenvalue weighted by atomic mass is 10.1. The van der Waals surface area contributed by atoms with Crippen molar-refractivity contribution in [2.75, 3.05) is 5.73 Å². The van der Waals surface area contributed by atoms with Crippen molar-refractivity contribution in [3.8, 4) is 0 Å². The molecule has 0 fully saturated rings. The zero-order valence-electron chi connectivity index (χ0n) is 12.5. The maximum Gasteiger partial charge on any atom is 0.342 e. The number of anilines is 1. The summed E-state index contributed by atoms with van der Waals surface area (Å²) in [4.78, 5) is 24.0. The number of nitrogens with one attached hydrogen (secondary N) is 1. The summed E-state index contributed by atoms with van der Waals surface area (Å²) in [6, 6.07) is 4.81. The van der Waals surface area contributed by atoms with E-state index >= 15 is 0 Å². The summed E-state index contributed by atoms with van der Waals surface area (Å²) >= 11 is 5.94. The van der Waals surface area contributed by atoms with Gasteiger partial charge in [-0.15, -0.1) is 0 Å². The van der Waals surface area contributed by atoms with Crippen molar-refractivity contribution in [2.24, 2.45) is 0 Å². The summed E-state index contributed by atoms with van der Waals surface area (Å²) in [6.07, 6.45) is 0.731. The van der Waals surface area contributed by atoms with Crippen LogP contribution in [0.3, 0.4) is 0 Å². The minimum atomic E-state index is -0.909. The van der Waals surface area contributed by atoms with Crippen LogP contribution >= 0.6 is 11.6 Å². The fraction of sp³-hybridized carbons (Fsp3) is 0.467. The van der Waals surface area contributed by atoms with Gasteiger partial charge in [-0.1, -0.05) is 31.5 Å². The molecule has 116 valence electrons. The van der Waals surface area contributed by atoms with Gasteiger partial charge in [0.1, 0.15) is 5.56 Å². The van der Waals surface area contributed by atoms with E-state index in [1.54, 1.807) is 18.2 Å². The normalized spacial score (nSPS) is 12.0. The molecule has 1 aromatic carbocycles. The second-order valence-corrected chi connectivity index (χ2v) is 5.18. The Morgan fingerprint density at radius 2 is 1.95 bits per heavy atom. The van der Waals surface area contributed by atoms with Gasteiger partial charge in [-0.05, 0) is 31.9 Å². The number of ether oxygens (including phenoxy) is 1. The molecular formula is C15H21ClN2O3. The van der Waals surface area contributed by atoms with Crippen molar-refractivity contribution in [1.29, 1.82) is 0 Å². The van der Waals surface area contributed by atoms with Gasteiger partial charge in [0.2, 0.25) is 0 Å². The molecule has 0 heterocycles. The maximum absolute atomic E-state index is 12.1. The van der Waals surface area contributed by atoms with Crippen LogP contribution in [0.2, 0.25) is 5.02 Å². The van der Waals surface area contributed by atoms with Gasteiger partial charge in [-0.2, -0.15) is 0 Å². The molecule has 0 aliphatic rings. The van der Waals surface area contributed by atoms with Crippen LogP contribution in [0.25, 0.3) is 0 Å². The molecule has 1 rings (SSSR count). The molecule has 0 bridgehead atoms. The second-order valence-electron chi connectivity index (χ2n) is 4.77. The summed E-state index contributed by atoms with van der Waals surface area (Å²) < 4.78 is 5.13. The minimum Gasteiger partial charge on any atom is -0.449 e. The second kappa shape index (κ2) is 7.88. The molecule has 6 heteroatoms. The fourth-order valence-electron chi connectivity index (χ4n) is 1.84. The van der Waals surface area contributed by atoms with Crippen LogP contribution in [0.15, 0.2) is 18.2 Å². The van der Waals surface area contributed by atoms with Crippen molar-refractivity contribution in [2.45, 2.75) is 45.8 Å². The van der Waals surface area contributed by atoms with E-state index in [4.69, 9.17) is 22.1 Å². The average molecular weight is 313 g/mol. The molecule has 0 aromatic heterocycles. The molecule has 0 aliphatic carbocycles. The largest absolute Gasteiger partial charge is 0.449 e. The van der Waals surface area contributed by atoms with Gasteiger partial charge < -0.3 is 15.8 Å². The lowest BCUT2D eigenvalue weighted by Crippen LogP contribution is -2.41. The van der Waals surface area contributed by atoms with Gasteiger partial charge in [0.05, 0.1) is 5.02 Å². The van der Waals surface area contributed by atoms with E-state index in [0.29, 0.717) is 0 Å². The third-order valence-corrected chi connectivity index (χ3v) is 3.55. The number of benzene rings is 1. The third-order valence-electron chi connectivity index (χ3n) is 3.23. The first-order valence-corrected chi connectivity index (χ1v) is 7.33. The van der Waals surface area contributed by atoms with E-state index in [1.807, 2.05) is 13.8 Å². The number of carbonyl (C=O) groups excluding carboxylic acids is 2. The fourth-order valence-corrected chi connectivity index (χ4v) is 2.10. The predicted octanol–water partition coefficient (Wildman–Crippen LogP) is 2.77. The highest BCUT2D eigenvalue weighted by molar-refractivity contribution is 6.34. The molecule has 1 aromatic rings. The summed E-state index contributed by atoms with van der Waals surface area (Å²) in [7, 11) is 0. The number of hydrogen-bond acceptors (Lipinski definition) is 4. The number of hydrogen-bond donors (Lipinski definition) is 2. The summed E-state index contributed by atoms with van der Waals surface area (Å²) in [6.45, 7) is 5.48. The molecule has 0 saturated heterocycles. The molecule has 0 radical (unpaired) electrons. The van der Waals surface area contributed by atoms with Crippen LogP contribution in [-0.4, -0.2) is 24.0 Å². The molecular weight excluding hydrogens is 292 g/mol. The molecule has 1 amide bonds. The van der Waals surface area contributed by atoms with Crippen molar-refractivity contribution in [1.82, 2.24) is 5.32 Å². The van der Waals surface area contributed by atoms with Crippen LogP contribution < -0.4 is 11.1 Å². The topological polar surface area (TPSA) is 81.4 Å². The van der Waals surface area contributed by atoms with Crippen LogP contribution in [-0.2, 0) is 9.53 Å². The smallest absolute Gasteiger partial charge is 0.342 e. The molecule has 0 saturated carbocycles. The Kier molecular flexibility index (Phi) is 6.49. The summed E-state index contributed by atoms with van der Waals surface area (Å²) in [5.74, 6) is -1.03. The zero-order chi connectivity index (χ0) is 16.0. The first kappa shape index (κ1) is 17.3. The zero-order valence-corrected chi connectivity index (χ0v) is 13.2. The predicted molar refractivity (Wildman–Crippen MR) is 83.3 cm³/mol. The summed E-state index contributed by atoms with van der Waals surface area (Å²) in [5, 5.41) is 3.02. The van der Waals surface area contributed by atoms with E-state index < -0.39 is 12.1 Å². The Balaban J connectivity index is 2.72. The van der Waals surface area contributed by atoms with E-state index in [0.717, 1.165) is 12.8 Å². The lowest BCUT2D eigenvalue weighted by molar-refractivity contribution is -0.129. The first-order chi connectivity index (χ1) is 9.90. The van der Waals surface area contributed by atoms with Crippen molar-refractivity contribution >= 4 is 29.2 Å². The third kappa shape index (κ3) is 4.63. The highest BCUT2D eigenvalue weighted by atomic mass is 35.5. The number of esters is 1. The standard InChI is InChI=1S/C15H21ClN2O3/c1-4-10(5-2)18-14(19)9(3)21-15(20)13-11(16)7-6-8-12(13)17/h6-10H,4-5,17H2,1-3H3,(H,18,19). The number of carbonyl (C=O) groups is 2. The van der Waals surface area contributed by atoms with E-state index in [2.05, 4.69) is 5.32 Å². The van der Waals surface area contributed by atoms with Crippen molar-refractivity contribution < 1.29 is 14.3 Å². The van der Waals surface area contributed by atoms with Gasteiger partial charge >= 0.3 is 5.97 Å². The Morgan fingerprint density at radius 1 is 1.33 bits per heavy atom. The Bertz CT molecular complexity index is 495. The van der Waals surface area contributed by atoms with Gasteiger partial charge in [0.15, 0.2) is 6.10 Å². The number of nitrogen functional groups attached to an aromatic ring is 1. The maximum atomic E-state index is 12.1. The van der Waals surface area contributed by atoms with Gasteiger partial charge in [0.25, 0.3) is 5.91 Å². The molecule has 5 nitrogen and oxygen atoms in total. The molecule has 21 heavy (non-hydrogen) atoms. The van der Waals surface area contributed by atoms with Crippen LogP contribution in [0, 0.1) is 0 Å². The quantitative estimate of drug-likeness (QED) is 0.625. The number of amides is 1. The molecule has 1 atom stereocenters. The monoisotopic (exact) mass is 312 g/mol. The number of halogens is 1. The highest BCUT2D eigenvalue weighted by Gasteiger charge is 2.23. The highest BCUT2D eigenvalue weighted by Crippen LogP contribution is 2.23. The molecule has 0 aliphatic heterocycles. The SMILES string of the molecule is CCC(CC)NC(=O)C(C)OC(=O)c1c(N)cccc1Cl. The van der Waals surface area contributed by atoms with E-state index in [-0.39, 0.29) is 28.2 Å². The van der Waals surface area contributed by atoms with Crippen LogP contribution in [0.1, 0.15) is 44.0 Å². The lowest BCUT2D eigenvalue weighted by Gasteiger charge is -2.19. The van der Waals surface area contributed by atoms with E-state index in [1.165, 1.54) is 6.92 Å². The van der Waals surface area contributed by atoms with E-state index in [9.17, 15) is 9.59 Å². The minimum absolute atomic E-state index is 0.0732. The Hall–Kier alpha value is -1.75. The van der Waals surface area contributed by atoms with Crippen LogP contribution in [0.5, 0.6) is 0 Å². The van der Waals surface area contributed by atoms with Crippen LogP contribution in [0.4, 0.5) is 5.69 Å². The Morgan fingerprint density at radius 3 is 2.48 bits per heavy atom. The van der Waals surface area contributed by atoms with Gasteiger partial charge in [0, 0.05) is 11.7 Å². The number of nitrogens with two attached hydrogens (primary N) is 1. The van der Waals surface area contributed by atoms with Gasteiger partial charge in [-0.3, -0.25) is 4.79 Å². The number of rotatable bonds is 6. The summed E-state index contributed by atoms with van der Waals surface area (Å²) in [5.41, 5.74) is 6.02. The van der Waals surface area contributed by atoms with Crippen molar-refractivity contribution in [3.05, 3.63) is 28.8 Å². The molecule has 3 N–H and O–H groups in total. The molecule has 0 spiro atoms. The molecule has 1 unspecified atom stereocenters. The first-order valence-electron chi connectivity index (χ1n) is 6.96.